The van der Waals surface area contributed by atoms with Crippen molar-refractivity contribution in [2.24, 2.45) is 5.92 Å². The molecule has 2 aromatic heterocycles. The molecule has 3 rings (SSSR count). The molecule has 9 heteroatoms. The molecule has 0 aliphatic heterocycles. The highest BCUT2D eigenvalue weighted by atomic mass is 32.2. The summed E-state index contributed by atoms with van der Waals surface area (Å²) in [5.41, 5.74) is -0.136. The van der Waals surface area contributed by atoms with Crippen molar-refractivity contribution in [1.82, 2.24) is 20.2 Å². The number of carbonyl (C=O) groups is 2. The van der Waals surface area contributed by atoms with Crippen LogP contribution in [0.25, 0.3) is 10.2 Å². The van der Waals surface area contributed by atoms with Gasteiger partial charge in [0, 0.05) is 17.5 Å². The number of urea groups is 1. The van der Waals surface area contributed by atoms with Gasteiger partial charge in [0.1, 0.15) is 4.83 Å². The quantitative estimate of drug-likeness (QED) is 0.383. The first-order chi connectivity index (χ1) is 14.4. The molecule has 2 N–H and O–H groups in total. The van der Waals surface area contributed by atoms with Gasteiger partial charge in [0.2, 0.25) is 5.91 Å². The van der Waals surface area contributed by atoms with E-state index in [1.54, 1.807) is 6.08 Å². The smallest absolute Gasteiger partial charge is 0.321 e. The highest BCUT2D eigenvalue weighted by molar-refractivity contribution is 7.99. The zero-order valence-corrected chi connectivity index (χ0v) is 19.0. The number of aryl methyl sites for hydroxylation is 1. The zero-order valence-electron chi connectivity index (χ0n) is 17.4. The Kier molecular flexibility index (Phi) is 7.71. The van der Waals surface area contributed by atoms with E-state index < -0.39 is 11.9 Å². The van der Waals surface area contributed by atoms with Gasteiger partial charge in [-0.2, -0.15) is 0 Å². The predicted molar refractivity (Wildman–Crippen MR) is 122 cm³/mol. The first kappa shape index (κ1) is 22.6. The van der Waals surface area contributed by atoms with Crippen LogP contribution in [0.5, 0.6) is 0 Å². The molecule has 0 radical (unpaired) electrons. The van der Waals surface area contributed by atoms with Crippen LogP contribution in [0.1, 0.15) is 44.4 Å². The normalized spacial score (nSPS) is 18.9. The van der Waals surface area contributed by atoms with Gasteiger partial charge in [-0.3, -0.25) is 19.5 Å². The summed E-state index contributed by atoms with van der Waals surface area (Å²) in [4.78, 5) is 43.7. The topological polar surface area (TPSA) is 93.1 Å². The summed E-state index contributed by atoms with van der Waals surface area (Å²) in [7, 11) is 0. The van der Waals surface area contributed by atoms with Crippen LogP contribution >= 0.6 is 23.1 Å². The van der Waals surface area contributed by atoms with Crippen molar-refractivity contribution in [2.45, 2.75) is 63.7 Å². The van der Waals surface area contributed by atoms with Crippen LogP contribution in [-0.4, -0.2) is 33.3 Å². The minimum atomic E-state index is -0.461. The number of amides is 3. The molecular formula is C21H28N4O3S2. The second-order valence-electron chi connectivity index (χ2n) is 7.56. The lowest BCUT2D eigenvalue weighted by Crippen LogP contribution is -2.48. The van der Waals surface area contributed by atoms with Crippen LogP contribution < -0.4 is 16.2 Å². The van der Waals surface area contributed by atoms with Crippen molar-refractivity contribution in [2.75, 3.05) is 5.75 Å². The van der Waals surface area contributed by atoms with E-state index in [9.17, 15) is 14.4 Å². The molecule has 0 unspecified atom stereocenters. The van der Waals surface area contributed by atoms with Crippen LogP contribution in [0, 0.1) is 5.92 Å². The number of imide groups is 1. The molecule has 1 aliphatic rings. The lowest BCUT2D eigenvalue weighted by molar-refractivity contribution is -0.117. The lowest BCUT2D eigenvalue weighted by atomic mass is 9.86. The van der Waals surface area contributed by atoms with E-state index in [-0.39, 0.29) is 17.4 Å². The summed E-state index contributed by atoms with van der Waals surface area (Å²) >= 11 is 2.64. The zero-order chi connectivity index (χ0) is 21.7. The number of nitrogens with zero attached hydrogens (tertiary/aromatic N) is 2. The van der Waals surface area contributed by atoms with Gasteiger partial charge >= 0.3 is 6.03 Å². The summed E-state index contributed by atoms with van der Waals surface area (Å²) in [6.07, 6.45) is 6.77. The Bertz CT molecular complexity index is 998. The summed E-state index contributed by atoms with van der Waals surface area (Å²) in [5.74, 6) is -0.00713. The monoisotopic (exact) mass is 448 g/mol. The Morgan fingerprint density at radius 3 is 2.87 bits per heavy atom. The molecule has 0 bridgehead atoms. The second-order valence-corrected chi connectivity index (χ2v) is 9.62. The van der Waals surface area contributed by atoms with Crippen LogP contribution in [0.2, 0.25) is 0 Å². The van der Waals surface area contributed by atoms with E-state index in [0.717, 1.165) is 42.3 Å². The molecule has 1 fully saturated rings. The van der Waals surface area contributed by atoms with Gasteiger partial charge in [0.05, 0.1) is 11.1 Å². The first-order valence-corrected chi connectivity index (χ1v) is 12.1. The number of rotatable bonds is 7. The molecule has 1 aliphatic carbocycles. The third-order valence-corrected chi connectivity index (χ3v) is 7.49. The Balaban J connectivity index is 1.66. The second kappa shape index (κ2) is 10.3. The van der Waals surface area contributed by atoms with E-state index in [2.05, 4.69) is 29.1 Å². The maximum Gasteiger partial charge on any atom is 0.321 e. The molecule has 3 amide bonds. The average molecular weight is 449 g/mol. The molecule has 7 nitrogen and oxygen atoms in total. The fraction of sp³-hybridized carbons (Fsp3) is 0.524. The third kappa shape index (κ3) is 5.31. The largest absolute Gasteiger partial charge is 0.335 e. The Labute approximate surface area is 184 Å². The van der Waals surface area contributed by atoms with Crippen LogP contribution in [0.15, 0.2) is 28.7 Å². The van der Waals surface area contributed by atoms with E-state index in [4.69, 9.17) is 0 Å². The summed E-state index contributed by atoms with van der Waals surface area (Å²) in [6, 6.07) is 1.52. The molecule has 0 spiro atoms. The number of fused-ring (bicyclic) bond motifs is 1. The van der Waals surface area contributed by atoms with Crippen LogP contribution in [0.4, 0.5) is 4.79 Å². The van der Waals surface area contributed by atoms with Crippen molar-refractivity contribution >= 4 is 45.3 Å². The molecule has 0 saturated heterocycles. The standard InChI is InChI=1S/C21H28N4O3S2/c1-4-10-25-19(27)15-11-14(5-2)30-18(15)24-21(25)29-12-17(26)23-20(28)22-16-9-7-6-8-13(16)3/h4,11,13,16H,1,5-10,12H2,2-3H3,(H2,22,23,26,28)/t13-,16+/m0/s1. The third-order valence-electron chi connectivity index (χ3n) is 5.34. The predicted octanol–water partition coefficient (Wildman–Crippen LogP) is 3.70. The Morgan fingerprint density at radius 1 is 1.40 bits per heavy atom. The molecule has 2 heterocycles. The molecule has 1 saturated carbocycles. The van der Waals surface area contributed by atoms with Gasteiger partial charge in [0.15, 0.2) is 5.16 Å². The van der Waals surface area contributed by atoms with E-state index in [1.807, 2.05) is 13.0 Å². The number of carbonyl (C=O) groups excluding carboxylic acids is 2. The van der Waals surface area contributed by atoms with Crippen LogP contribution in [0.3, 0.4) is 0 Å². The molecule has 162 valence electrons. The van der Waals surface area contributed by atoms with Gasteiger partial charge in [-0.25, -0.2) is 9.78 Å². The number of hydrogen-bond donors (Lipinski definition) is 2. The van der Waals surface area contributed by atoms with Crippen molar-refractivity contribution in [3.05, 3.63) is 34.0 Å². The number of aromatic nitrogens is 2. The fourth-order valence-electron chi connectivity index (χ4n) is 3.65. The van der Waals surface area contributed by atoms with Gasteiger partial charge in [-0.15, -0.1) is 17.9 Å². The summed E-state index contributed by atoms with van der Waals surface area (Å²) in [6.45, 7) is 8.17. The summed E-state index contributed by atoms with van der Waals surface area (Å²) in [5, 5.41) is 6.34. The van der Waals surface area contributed by atoms with E-state index >= 15 is 0 Å². The lowest BCUT2D eigenvalue weighted by Gasteiger charge is -2.29. The number of hydrogen-bond acceptors (Lipinski definition) is 6. The number of thiophene rings is 1. The number of allylic oxidation sites excluding steroid dienone is 1. The molecule has 2 aromatic rings. The van der Waals surface area contributed by atoms with Gasteiger partial charge in [0.25, 0.3) is 5.56 Å². The van der Waals surface area contributed by atoms with Crippen molar-refractivity contribution in [3.8, 4) is 0 Å². The van der Waals surface area contributed by atoms with E-state index in [1.165, 1.54) is 22.3 Å². The fourth-order valence-corrected chi connectivity index (χ4v) is 5.47. The van der Waals surface area contributed by atoms with Crippen molar-refractivity contribution < 1.29 is 9.59 Å². The maximum atomic E-state index is 12.8. The van der Waals surface area contributed by atoms with Gasteiger partial charge in [-0.05, 0) is 31.2 Å². The molecular weight excluding hydrogens is 420 g/mol. The number of nitrogens with one attached hydrogen (secondary N) is 2. The SMILES string of the molecule is C=CCn1c(SCC(=O)NC(=O)N[C@@H]2CCCC[C@@H]2C)nc2sc(CC)cc2c1=O. The minimum absolute atomic E-state index is 0.00522. The van der Waals surface area contributed by atoms with E-state index in [0.29, 0.717) is 27.8 Å². The summed E-state index contributed by atoms with van der Waals surface area (Å²) < 4.78 is 1.52. The molecule has 30 heavy (non-hydrogen) atoms. The average Bonchev–Trinajstić information content (AvgIpc) is 3.14. The molecule has 0 aromatic carbocycles. The van der Waals surface area contributed by atoms with Gasteiger partial charge in [-0.1, -0.05) is 44.5 Å². The van der Waals surface area contributed by atoms with Crippen molar-refractivity contribution in [3.63, 3.8) is 0 Å². The maximum absolute atomic E-state index is 12.8. The first-order valence-electron chi connectivity index (χ1n) is 10.3. The highest BCUT2D eigenvalue weighted by Gasteiger charge is 2.23. The molecule has 2 atom stereocenters. The van der Waals surface area contributed by atoms with Crippen molar-refractivity contribution in [1.29, 1.82) is 0 Å². The van der Waals surface area contributed by atoms with Gasteiger partial charge < -0.3 is 5.32 Å². The Morgan fingerprint density at radius 2 is 2.17 bits per heavy atom. The highest BCUT2D eigenvalue weighted by Crippen LogP contribution is 2.25. The Hall–Kier alpha value is -2.13. The van der Waals surface area contributed by atoms with Crippen LogP contribution in [-0.2, 0) is 17.8 Å². The number of thioether (sulfide) groups is 1. The minimum Gasteiger partial charge on any atom is -0.335 e.